The molecule has 1 aliphatic heterocycles. The van der Waals surface area contributed by atoms with Gasteiger partial charge in [-0.15, -0.1) is 0 Å². The minimum absolute atomic E-state index is 0.146. The second-order valence-corrected chi connectivity index (χ2v) is 11.4. The molecule has 0 bridgehead atoms. The lowest BCUT2D eigenvalue weighted by Crippen LogP contribution is -2.43. The van der Waals surface area contributed by atoms with Crippen molar-refractivity contribution in [3.8, 4) is 11.8 Å². The summed E-state index contributed by atoms with van der Waals surface area (Å²) in [7, 11) is 1.57. The minimum atomic E-state index is -1.04. The number of carbonyl (C=O) groups excluding carboxylic acids is 1. The Bertz CT molecular complexity index is 1300. The third-order valence-corrected chi connectivity index (χ3v) is 7.55. The molecule has 8 heteroatoms. The number of halogens is 2. The molecule has 1 amide bonds. The van der Waals surface area contributed by atoms with Crippen LogP contribution in [-0.4, -0.2) is 27.9 Å². The number of fused-ring (bicyclic) bond motifs is 1. The Kier molecular flexibility index (Phi) is 6.26. The Morgan fingerprint density at radius 3 is 2.69 bits per heavy atom. The van der Waals surface area contributed by atoms with Crippen LogP contribution in [0.3, 0.4) is 0 Å². The zero-order valence-corrected chi connectivity index (χ0v) is 21.2. The number of benzene rings is 1. The maximum absolute atomic E-state index is 15.0. The van der Waals surface area contributed by atoms with Crippen molar-refractivity contribution in [2.45, 2.75) is 44.4 Å². The molecule has 2 heterocycles. The Labute approximate surface area is 208 Å². The number of carbonyl (C=O) groups is 1. The molecule has 1 saturated carbocycles. The summed E-state index contributed by atoms with van der Waals surface area (Å²) in [6.45, 7) is 7.80. The molecule has 3 atom stereocenters. The number of pyridine rings is 1. The summed E-state index contributed by atoms with van der Waals surface area (Å²) in [6, 6.07) is 7.63. The van der Waals surface area contributed by atoms with Crippen molar-refractivity contribution >= 4 is 34.7 Å². The first-order valence-electron chi connectivity index (χ1n) is 11.3. The molecular weight excluding hydrogens is 466 g/mol. The van der Waals surface area contributed by atoms with Crippen molar-refractivity contribution in [2.75, 3.05) is 7.05 Å². The number of thioether (sulfide) groups is 1. The molecule has 182 valence electrons. The van der Waals surface area contributed by atoms with E-state index in [1.807, 2.05) is 20.8 Å². The van der Waals surface area contributed by atoms with Crippen LogP contribution in [0.2, 0.25) is 0 Å². The number of hydrogen-bond acceptors (Lipinski definition) is 5. The van der Waals surface area contributed by atoms with Crippen LogP contribution in [0.5, 0.6) is 0 Å². The van der Waals surface area contributed by atoms with E-state index in [4.69, 9.17) is 5.73 Å². The largest absolute Gasteiger partial charge is 0.378 e. The second-order valence-electron chi connectivity index (χ2n) is 10.1. The Morgan fingerprint density at radius 2 is 2.06 bits per heavy atom. The minimum Gasteiger partial charge on any atom is -0.378 e. The van der Waals surface area contributed by atoms with Crippen molar-refractivity contribution in [1.29, 1.82) is 0 Å². The molecule has 5 nitrogen and oxygen atoms in total. The molecule has 0 saturated heterocycles. The average Bonchev–Trinajstić information content (AvgIpc) is 3.55. The van der Waals surface area contributed by atoms with Crippen LogP contribution >= 0.6 is 11.8 Å². The highest BCUT2D eigenvalue weighted by Gasteiger charge is 2.70. The van der Waals surface area contributed by atoms with Gasteiger partial charge >= 0.3 is 0 Å². The maximum atomic E-state index is 15.0. The quantitative estimate of drug-likeness (QED) is 0.595. The van der Waals surface area contributed by atoms with Gasteiger partial charge in [0.1, 0.15) is 16.4 Å². The fourth-order valence-electron chi connectivity index (χ4n) is 4.39. The smallest absolute Gasteiger partial charge is 0.236 e. The van der Waals surface area contributed by atoms with Gasteiger partial charge in [-0.2, -0.15) is 0 Å². The molecule has 4 rings (SSSR count). The fraction of sp³-hybridized carbons (Fsp3) is 0.370. The second kappa shape index (κ2) is 8.80. The van der Waals surface area contributed by atoms with Crippen molar-refractivity contribution in [3.63, 3.8) is 0 Å². The lowest BCUT2D eigenvalue weighted by Gasteiger charge is -2.33. The van der Waals surface area contributed by atoms with Crippen LogP contribution in [0.1, 0.15) is 56.5 Å². The van der Waals surface area contributed by atoms with Gasteiger partial charge in [-0.25, -0.2) is 8.78 Å². The first-order valence-corrected chi connectivity index (χ1v) is 12.1. The molecule has 1 fully saturated rings. The number of aliphatic imine (C=N–C) groups is 1. The van der Waals surface area contributed by atoms with E-state index in [0.29, 0.717) is 17.5 Å². The third-order valence-electron chi connectivity index (χ3n) is 6.25. The fourth-order valence-corrected chi connectivity index (χ4v) is 5.82. The first kappa shape index (κ1) is 24.9. The number of amides is 1. The van der Waals surface area contributed by atoms with Crippen LogP contribution in [0, 0.1) is 29.0 Å². The molecule has 2 aliphatic rings. The average molecular weight is 495 g/mol. The van der Waals surface area contributed by atoms with Gasteiger partial charge in [-0.05, 0) is 70.0 Å². The van der Waals surface area contributed by atoms with Gasteiger partial charge in [0.2, 0.25) is 5.91 Å². The SMILES string of the molecule is CNC(=O)[C@]12C[C@H]1[C@@](C)(c1cc(C=C(F)c3ccc(C#CC(C)(C)C)cn3)ccc1F)N=C(N)S2. The van der Waals surface area contributed by atoms with E-state index in [-0.39, 0.29) is 33.7 Å². The van der Waals surface area contributed by atoms with Gasteiger partial charge in [-0.3, -0.25) is 14.8 Å². The summed E-state index contributed by atoms with van der Waals surface area (Å²) < 4.78 is 29.3. The maximum Gasteiger partial charge on any atom is 0.236 e. The number of nitrogens with zero attached hydrogens (tertiary/aromatic N) is 2. The number of hydrogen-bond donors (Lipinski definition) is 2. The molecule has 1 aliphatic carbocycles. The summed E-state index contributed by atoms with van der Waals surface area (Å²) >= 11 is 1.22. The molecule has 1 aromatic heterocycles. The molecule has 1 aromatic carbocycles. The van der Waals surface area contributed by atoms with E-state index in [2.05, 4.69) is 27.1 Å². The molecular formula is C27H28F2N4OS. The number of amidine groups is 1. The molecule has 0 radical (unpaired) electrons. The van der Waals surface area contributed by atoms with Crippen LogP contribution in [0.4, 0.5) is 8.78 Å². The number of rotatable bonds is 4. The van der Waals surface area contributed by atoms with Crippen LogP contribution < -0.4 is 11.1 Å². The summed E-state index contributed by atoms with van der Waals surface area (Å²) in [5.41, 5.74) is 6.46. The molecule has 35 heavy (non-hydrogen) atoms. The number of nitrogens with one attached hydrogen (secondary N) is 1. The van der Waals surface area contributed by atoms with E-state index in [0.717, 1.165) is 0 Å². The molecule has 0 spiro atoms. The lowest BCUT2D eigenvalue weighted by atomic mass is 9.84. The zero-order chi connectivity index (χ0) is 25.6. The normalized spacial score (nSPS) is 25.6. The van der Waals surface area contributed by atoms with Crippen LogP contribution in [0.25, 0.3) is 11.9 Å². The number of aromatic nitrogens is 1. The summed E-state index contributed by atoms with van der Waals surface area (Å²) in [6.07, 6.45) is 3.36. The Hall–Kier alpha value is -3.18. The van der Waals surface area contributed by atoms with E-state index in [1.54, 1.807) is 32.2 Å². The van der Waals surface area contributed by atoms with E-state index >= 15 is 8.78 Å². The van der Waals surface area contributed by atoms with Gasteiger partial charge in [0.15, 0.2) is 5.17 Å². The van der Waals surface area contributed by atoms with Crippen molar-refractivity contribution in [1.82, 2.24) is 10.3 Å². The van der Waals surface area contributed by atoms with E-state index in [9.17, 15) is 4.79 Å². The van der Waals surface area contributed by atoms with Crippen molar-refractivity contribution in [2.24, 2.45) is 22.1 Å². The molecule has 0 unspecified atom stereocenters. The lowest BCUT2D eigenvalue weighted by molar-refractivity contribution is -0.121. The van der Waals surface area contributed by atoms with Gasteiger partial charge in [0.25, 0.3) is 0 Å². The van der Waals surface area contributed by atoms with Gasteiger partial charge in [0, 0.05) is 35.7 Å². The van der Waals surface area contributed by atoms with Gasteiger partial charge in [0.05, 0.1) is 11.2 Å². The van der Waals surface area contributed by atoms with E-state index in [1.165, 1.54) is 36.2 Å². The van der Waals surface area contributed by atoms with Crippen LogP contribution in [0.15, 0.2) is 41.5 Å². The van der Waals surface area contributed by atoms with Crippen molar-refractivity contribution in [3.05, 3.63) is 64.7 Å². The Balaban J connectivity index is 1.64. The third kappa shape index (κ3) is 4.83. The highest BCUT2D eigenvalue weighted by atomic mass is 32.2. The summed E-state index contributed by atoms with van der Waals surface area (Å²) in [4.78, 5) is 21.3. The number of nitrogens with two attached hydrogens (primary N) is 1. The standard InChI is InChI=1S/C27H28F2N4OS/c1-25(2,3)11-10-16-7-9-21(32-15-16)20(29)13-17-6-8-19(28)18(12-17)26(4)22-14-27(22,23(34)31-5)35-24(30)33-26/h6-9,12-13,15,22H,14H2,1-5H3,(H2,30,33)(H,31,34)/t22-,26+,27-/m0/s1. The monoisotopic (exact) mass is 494 g/mol. The Morgan fingerprint density at radius 1 is 1.31 bits per heavy atom. The molecule has 3 N–H and O–H groups in total. The predicted octanol–water partition coefficient (Wildman–Crippen LogP) is 4.87. The summed E-state index contributed by atoms with van der Waals surface area (Å²) in [5, 5.41) is 2.91. The predicted molar refractivity (Wildman–Crippen MR) is 137 cm³/mol. The summed E-state index contributed by atoms with van der Waals surface area (Å²) in [5.74, 6) is 4.73. The molecule has 2 aromatic rings. The zero-order valence-electron chi connectivity index (χ0n) is 20.4. The highest BCUT2D eigenvalue weighted by molar-refractivity contribution is 8.15. The topological polar surface area (TPSA) is 80.4 Å². The first-order chi connectivity index (χ1) is 16.4. The van der Waals surface area contributed by atoms with Gasteiger partial charge in [-0.1, -0.05) is 29.7 Å². The van der Waals surface area contributed by atoms with Crippen molar-refractivity contribution < 1.29 is 13.6 Å². The highest BCUT2D eigenvalue weighted by Crippen LogP contribution is 2.66. The van der Waals surface area contributed by atoms with E-state index < -0.39 is 21.9 Å². The van der Waals surface area contributed by atoms with Gasteiger partial charge < -0.3 is 11.1 Å². The van der Waals surface area contributed by atoms with Crippen LogP contribution in [-0.2, 0) is 10.3 Å².